The minimum atomic E-state index is -0.543. The first-order chi connectivity index (χ1) is 13.1. The molecule has 0 aliphatic rings. The van der Waals surface area contributed by atoms with Gasteiger partial charge in [-0.15, -0.1) is 5.10 Å². The van der Waals surface area contributed by atoms with Crippen LogP contribution in [0, 0.1) is 5.82 Å². The van der Waals surface area contributed by atoms with Crippen LogP contribution in [0.5, 0.6) is 5.75 Å². The van der Waals surface area contributed by atoms with Gasteiger partial charge in [-0.1, -0.05) is 30.3 Å². The zero-order valence-electron chi connectivity index (χ0n) is 14.9. The smallest absolute Gasteiger partial charge is 0.247 e. The molecule has 0 radical (unpaired) electrons. The molecule has 27 heavy (non-hydrogen) atoms. The van der Waals surface area contributed by atoms with Crippen molar-refractivity contribution < 1.29 is 13.9 Å². The molecule has 0 saturated heterocycles. The lowest BCUT2D eigenvalue weighted by atomic mass is 10.1. The molecule has 0 aliphatic carbocycles. The Bertz CT molecular complexity index is 840. The van der Waals surface area contributed by atoms with Gasteiger partial charge >= 0.3 is 0 Å². The largest absolute Gasteiger partial charge is 0.492 e. The number of halogens is 1. The van der Waals surface area contributed by atoms with Gasteiger partial charge in [0.15, 0.2) is 0 Å². The number of tetrazole rings is 1. The first-order valence-electron chi connectivity index (χ1n) is 8.53. The molecule has 2 aromatic carbocycles. The molecule has 8 heteroatoms. The van der Waals surface area contributed by atoms with Gasteiger partial charge in [0.05, 0.1) is 6.54 Å². The van der Waals surface area contributed by atoms with Crippen LogP contribution in [0.15, 0.2) is 60.9 Å². The first kappa shape index (κ1) is 18.5. The topological polar surface area (TPSA) is 73.1 Å². The summed E-state index contributed by atoms with van der Waals surface area (Å²) in [6, 6.07) is 14.9. The van der Waals surface area contributed by atoms with E-state index in [1.807, 2.05) is 30.3 Å². The van der Waals surface area contributed by atoms with E-state index in [4.69, 9.17) is 4.74 Å². The van der Waals surface area contributed by atoms with Gasteiger partial charge in [0.1, 0.15) is 30.5 Å². The quantitative estimate of drug-likeness (QED) is 0.608. The summed E-state index contributed by atoms with van der Waals surface area (Å²) in [5.74, 6) is 0.118. The number of hydrogen-bond acceptors (Lipinski definition) is 5. The minimum absolute atomic E-state index is 0.117. The van der Waals surface area contributed by atoms with E-state index in [0.29, 0.717) is 25.3 Å². The number of benzene rings is 2. The molecule has 1 atom stereocenters. The van der Waals surface area contributed by atoms with Crippen molar-refractivity contribution in [3.8, 4) is 5.75 Å². The zero-order chi connectivity index (χ0) is 19.1. The van der Waals surface area contributed by atoms with Crippen molar-refractivity contribution in [3.05, 3.63) is 72.3 Å². The van der Waals surface area contributed by atoms with Gasteiger partial charge in [-0.05, 0) is 40.3 Å². The first-order valence-corrected chi connectivity index (χ1v) is 8.53. The Balaban J connectivity index is 1.61. The Morgan fingerprint density at radius 3 is 2.59 bits per heavy atom. The van der Waals surface area contributed by atoms with E-state index in [1.54, 1.807) is 24.1 Å². The van der Waals surface area contributed by atoms with Gasteiger partial charge in [0.2, 0.25) is 5.91 Å². The number of ether oxygens (including phenoxy) is 1. The van der Waals surface area contributed by atoms with E-state index in [9.17, 15) is 9.18 Å². The van der Waals surface area contributed by atoms with Crippen LogP contribution in [0.2, 0.25) is 0 Å². The number of rotatable bonds is 8. The van der Waals surface area contributed by atoms with Crippen molar-refractivity contribution in [1.82, 2.24) is 25.1 Å². The number of aromatic nitrogens is 4. The molecule has 0 bridgehead atoms. The lowest BCUT2D eigenvalue weighted by molar-refractivity contribution is -0.134. The minimum Gasteiger partial charge on any atom is -0.492 e. The van der Waals surface area contributed by atoms with Crippen molar-refractivity contribution in [2.24, 2.45) is 0 Å². The molecule has 1 unspecified atom stereocenters. The maximum Gasteiger partial charge on any atom is 0.247 e. The molecule has 3 rings (SSSR count). The van der Waals surface area contributed by atoms with Crippen molar-refractivity contribution in [2.75, 3.05) is 20.2 Å². The molecule has 1 amide bonds. The molecule has 3 aromatic rings. The Morgan fingerprint density at radius 2 is 1.93 bits per heavy atom. The average molecular weight is 369 g/mol. The number of amides is 1. The Labute approximate surface area is 156 Å². The number of carbonyl (C=O) groups excluding carboxylic acids is 1. The van der Waals surface area contributed by atoms with Gasteiger partial charge in [0, 0.05) is 13.5 Å². The highest BCUT2D eigenvalue weighted by molar-refractivity contribution is 5.80. The summed E-state index contributed by atoms with van der Waals surface area (Å²) in [5, 5.41) is 11.2. The van der Waals surface area contributed by atoms with Crippen LogP contribution < -0.4 is 4.74 Å². The molecule has 0 saturated carbocycles. The predicted octanol–water partition coefficient (Wildman–Crippen LogP) is 2.13. The monoisotopic (exact) mass is 369 g/mol. The summed E-state index contributed by atoms with van der Waals surface area (Å²) >= 11 is 0. The van der Waals surface area contributed by atoms with Crippen molar-refractivity contribution >= 4 is 5.91 Å². The number of likely N-dealkylation sites (N-methyl/N-ethyl adjacent to an activating group) is 1. The Morgan fingerprint density at radius 1 is 1.19 bits per heavy atom. The van der Waals surface area contributed by atoms with Gasteiger partial charge in [-0.3, -0.25) is 4.79 Å². The second kappa shape index (κ2) is 8.88. The van der Waals surface area contributed by atoms with E-state index < -0.39 is 6.04 Å². The molecule has 7 nitrogen and oxygen atoms in total. The molecule has 1 aromatic heterocycles. The highest BCUT2D eigenvalue weighted by Gasteiger charge is 2.25. The van der Waals surface area contributed by atoms with E-state index in [2.05, 4.69) is 15.5 Å². The molecule has 140 valence electrons. The second-order valence-electron chi connectivity index (χ2n) is 6.06. The molecular formula is C19H20FN5O2. The van der Waals surface area contributed by atoms with Crippen molar-refractivity contribution in [1.29, 1.82) is 0 Å². The lowest BCUT2D eigenvalue weighted by Gasteiger charge is -2.23. The van der Waals surface area contributed by atoms with Crippen LogP contribution in [0.25, 0.3) is 0 Å². The number of hydrogen-bond donors (Lipinski definition) is 0. The second-order valence-corrected chi connectivity index (χ2v) is 6.06. The van der Waals surface area contributed by atoms with Crippen LogP contribution >= 0.6 is 0 Å². The maximum absolute atomic E-state index is 12.9. The standard InChI is InChI=1S/C19H20FN5O2/c1-24(11-12-27-17-9-7-16(20)8-10-17)19(26)18(25-14-21-22-23-25)13-15-5-3-2-4-6-15/h2-10,14,18H,11-13H2,1H3. The van der Waals surface area contributed by atoms with Crippen LogP contribution in [0.3, 0.4) is 0 Å². The third kappa shape index (κ3) is 5.10. The molecule has 0 fully saturated rings. The maximum atomic E-state index is 12.9. The fourth-order valence-electron chi connectivity index (χ4n) is 2.64. The molecule has 0 spiro atoms. The van der Waals surface area contributed by atoms with E-state index in [1.165, 1.54) is 23.1 Å². The van der Waals surface area contributed by atoms with Crippen LogP contribution in [0.1, 0.15) is 11.6 Å². The van der Waals surface area contributed by atoms with Gasteiger partial charge < -0.3 is 9.64 Å². The summed E-state index contributed by atoms with van der Waals surface area (Å²) in [5.41, 5.74) is 1.02. The Hall–Kier alpha value is -3.29. The fraction of sp³-hybridized carbons (Fsp3) is 0.263. The highest BCUT2D eigenvalue weighted by Crippen LogP contribution is 2.16. The molecular weight excluding hydrogens is 349 g/mol. The number of nitrogens with zero attached hydrogens (tertiary/aromatic N) is 5. The SMILES string of the molecule is CN(CCOc1ccc(F)cc1)C(=O)C(Cc1ccccc1)n1cnnn1. The lowest BCUT2D eigenvalue weighted by Crippen LogP contribution is -2.38. The Kier molecular flexibility index (Phi) is 6.09. The summed E-state index contributed by atoms with van der Waals surface area (Å²) in [7, 11) is 1.71. The highest BCUT2D eigenvalue weighted by atomic mass is 19.1. The number of carbonyl (C=O) groups is 1. The van der Waals surface area contributed by atoms with Gasteiger partial charge in [-0.25, -0.2) is 9.07 Å². The van der Waals surface area contributed by atoms with E-state index in [0.717, 1.165) is 5.56 Å². The average Bonchev–Trinajstić information content (AvgIpc) is 3.22. The van der Waals surface area contributed by atoms with Crippen molar-refractivity contribution in [2.45, 2.75) is 12.5 Å². The summed E-state index contributed by atoms with van der Waals surface area (Å²) in [6.45, 7) is 0.672. The zero-order valence-corrected chi connectivity index (χ0v) is 14.9. The normalized spacial score (nSPS) is 11.8. The van der Waals surface area contributed by atoms with Gasteiger partial charge in [0.25, 0.3) is 0 Å². The van der Waals surface area contributed by atoms with Crippen LogP contribution in [-0.2, 0) is 11.2 Å². The predicted molar refractivity (Wildman–Crippen MR) is 96.5 cm³/mol. The molecule has 1 heterocycles. The summed E-state index contributed by atoms with van der Waals surface area (Å²) in [6.07, 6.45) is 1.92. The third-order valence-electron chi connectivity index (χ3n) is 4.13. The van der Waals surface area contributed by atoms with E-state index in [-0.39, 0.29) is 11.7 Å². The van der Waals surface area contributed by atoms with Crippen LogP contribution in [0.4, 0.5) is 4.39 Å². The summed E-state index contributed by atoms with van der Waals surface area (Å²) in [4.78, 5) is 14.5. The molecule has 0 N–H and O–H groups in total. The van der Waals surface area contributed by atoms with E-state index >= 15 is 0 Å². The van der Waals surface area contributed by atoms with Crippen LogP contribution in [-0.4, -0.2) is 51.2 Å². The summed E-state index contributed by atoms with van der Waals surface area (Å²) < 4.78 is 19.9. The van der Waals surface area contributed by atoms with Crippen molar-refractivity contribution in [3.63, 3.8) is 0 Å². The van der Waals surface area contributed by atoms with Gasteiger partial charge in [-0.2, -0.15) is 0 Å². The fourth-order valence-corrected chi connectivity index (χ4v) is 2.64. The molecule has 0 aliphatic heterocycles. The third-order valence-corrected chi connectivity index (χ3v) is 4.13.